The van der Waals surface area contributed by atoms with Gasteiger partial charge in [0.25, 0.3) is 0 Å². The van der Waals surface area contributed by atoms with Crippen LogP contribution in [0.4, 0.5) is 0 Å². The molecule has 0 aromatic heterocycles. The lowest BCUT2D eigenvalue weighted by molar-refractivity contribution is -0.119. The van der Waals surface area contributed by atoms with Gasteiger partial charge in [-0.1, -0.05) is 24.3 Å². The van der Waals surface area contributed by atoms with Crippen LogP contribution >= 0.6 is 0 Å². The Morgan fingerprint density at radius 3 is 2.79 bits per heavy atom. The van der Waals surface area contributed by atoms with E-state index in [1.807, 2.05) is 6.07 Å². The molecule has 0 fully saturated rings. The van der Waals surface area contributed by atoms with Gasteiger partial charge in [-0.05, 0) is 17.5 Å². The first kappa shape index (κ1) is 9.21. The Balaban J connectivity index is 2.09. The molecule has 2 N–H and O–H groups in total. The molecule has 1 aromatic rings. The third-order valence-electron chi connectivity index (χ3n) is 2.59. The maximum Gasteiger partial charge on any atom is 0.231 e. The molecule has 3 heteroatoms. The Morgan fingerprint density at radius 2 is 2.07 bits per heavy atom. The van der Waals surface area contributed by atoms with Crippen molar-refractivity contribution in [1.82, 2.24) is 4.90 Å². The van der Waals surface area contributed by atoms with E-state index >= 15 is 0 Å². The van der Waals surface area contributed by atoms with E-state index in [9.17, 15) is 4.79 Å². The van der Waals surface area contributed by atoms with Crippen LogP contribution in [0, 0.1) is 0 Å². The van der Waals surface area contributed by atoms with Crippen molar-refractivity contribution in [3.8, 4) is 0 Å². The first-order valence-electron chi connectivity index (χ1n) is 4.83. The van der Waals surface area contributed by atoms with E-state index in [0.717, 1.165) is 19.5 Å². The van der Waals surface area contributed by atoms with Crippen LogP contribution in [0.2, 0.25) is 0 Å². The molecule has 0 radical (unpaired) electrons. The number of hydrogen-bond donors (Lipinski definition) is 1. The summed E-state index contributed by atoms with van der Waals surface area (Å²) in [4.78, 5) is 12.8. The molecule has 0 atom stereocenters. The smallest absolute Gasteiger partial charge is 0.231 e. The van der Waals surface area contributed by atoms with Gasteiger partial charge in [0.15, 0.2) is 0 Å². The number of amides is 1. The van der Waals surface area contributed by atoms with Gasteiger partial charge >= 0.3 is 0 Å². The molecular formula is C11H14N2O. The van der Waals surface area contributed by atoms with Gasteiger partial charge in [-0.15, -0.1) is 0 Å². The van der Waals surface area contributed by atoms with Gasteiger partial charge in [0, 0.05) is 13.1 Å². The number of hydrogen-bond acceptors (Lipinski definition) is 2. The zero-order chi connectivity index (χ0) is 9.97. The van der Waals surface area contributed by atoms with E-state index in [-0.39, 0.29) is 5.91 Å². The first-order valence-corrected chi connectivity index (χ1v) is 4.83. The minimum atomic E-state index is -0.246. The number of primary amides is 1. The number of fused-ring (bicyclic) bond motifs is 1. The van der Waals surface area contributed by atoms with Crippen molar-refractivity contribution >= 4 is 5.91 Å². The topological polar surface area (TPSA) is 46.3 Å². The van der Waals surface area contributed by atoms with Crippen molar-refractivity contribution in [2.45, 2.75) is 13.0 Å². The maximum atomic E-state index is 10.8. The summed E-state index contributed by atoms with van der Waals surface area (Å²) < 4.78 is 0. The summed E-state index contributed by atoms with van der Waals surface area (Å²) >= 11 is 0. The zero-order valence-corrected chi connectivity index (χ0v) is 8.07. The van der Waals surface area contributed by atoms with Crippen molar-refractivity contribution in [3.05, 3.63) is 35.4 Å². The second-order valence-corrected chi connectivity index (χ2v) is 3.70. The largest absolute Gasteiger partial charge is 0.369 e. The average molecular weight is 190 g/mol. The van der Waals surface area contributed by atoms with Gasteiger partial charge in [-0.2, -0.15) is 0 Å². The monoisotopic (exact) mass is 190 g/mol. The number of rotatable bonds is 2. The van der Waals surface area contributed by atoms with Crippen LogP contribution in [-0.2, 0) is 17.8 Å². The van der Waals surface area contributed by atoms with E-state index in [4.69, 9.17) is 5.73 Å². The van der Waals surface area contributed by atoms with Crippen LogP contribution in [0.3, 0.4) is 0 Å². The minimum Gasteiger partial charge on any atom is -0.369 e. The molecule has 0 saturated heterocycles. The summed E-state index contributed by atoms with van der Waals surface area (Å²) in [6.07, 6.45) is 1.02. The van der Waals surface area contributed by atoms with Crippen LogP contribution in [-0.4, -0.2) is 23.9 Å². The molecule has 1 heterocycles. The predicted molar refractivity (Wildman–Crippen MR) is 54.6 cm³/mol. The van der Waals surface area contributed by atoms with E-state index in [1.165, 1.54) is 11.1 Å². The van der Waals surface area contributed by atoms with E-state index in [1.54, 1.807) is 0 Å². The summed E-state index contributed by atoms with van der Waals surface area (Å²) in [6, 6.07) is 8.36. The fraction of sp³-hybridized carbons (Fsp3) is 0.364. The molecule has 14 heavy (non-hydrogen) atoms. The van der Waals surface area contributed by atoms with Gasteiger partial charge in [-0.3, -0.25) is 9.69 Å². The van der Waals surface area contributed by atoms with E-state index < -0.39 is 0 Å². The summed E-state index contributed by atoms with van der Waals surface area (Å²) in [5, 5.41) is 0. The fourth-order valence-electron chi connectivity index (χ4n) is 1.91. The highest BCUT2D eigenvalue weighted by Gasteiger charge is 2.16. The lowest BCUT2D eigenvalue weighted by atomic mass is 10.00. The Morgan fingerprint density at radius 1 is 1.36 bits per heavy atom. The fourth-order valence-corrected chi connectivity index (χ4v) is 1.91. The molecule has 0 unspecified atom stereocenters. The standard InChI is InChI=1S/C11H14N2O/c12-11(14)8-13-6-5-9-3-1-2-4-10(9)7-13/h1-4H,5-8H2,(H2,12,14). The molecule has 1 aliphatic rings. The van der Waals surface area contributed by atoms with Crippen LogP contribution in [0.15, 0.2) is 24.3 Å². The number of nitrogens with zero attached hydrogens (tertiary/aromatic N) is 1. The third-order valence-corrected chi connectivity index (χ3v) is 2.59. The highest BCUT2D eigenvalue weighted by molar-refractivity contribution is 5.75. The average Bonchev–Trinajstić information content (AvgIpc) is 2.17. The molecule has 3 nitrogen and oxygen atoms in total. The zero-order valence-electron chi connectivity index (χ0n) is 8.07. The van der Waals surface area contributed by atoms with Crippen molar-refractivity contribution in [2.24, 2.45) is 5.73 Å². The molecule has 1 aromatic carbocycles. The Bertz CT molecular complexity index is 349. The lowest BCUT2D eigenvalue weighted by Crippen LogP contribution is -2.37. The number of carbonyl (C=O) groups is 1. The third kappa shape index (κ3) is 1.93. The second-order valence-electron chi connectivity index (χ2n) is 3.70. The van der Waals surface area contributed by atoms with Crippen LogP contribution in [0.1, 0.15) is 11.1 Å². The van der Waals surface area contributed by atoms with Crippen LogP contribution < -0.4 is 5.73 Å². The maximum absolute atomic E-state index is 10.8. The van der Waals surface area contributed by atoms with Crippen molar-refractivity contribution in [2.75, 3.05) is 13.1 Å². The van der Waals surface area contributed by atoms with Gasteiger partial charge < -0.3 is 5.73 Å². The van der Waals surface area contributed by atoms with Crippen molar-refractivity contribution < 1.29 is 4.79 Å². The van der Waals surface area contributed by atoms with Crippen LogP contribution in [0.5, 0.6) is 0 Å². The summed E-state index contributed by atoms with van der Waals surface area (Å²) in [5.41, 5.74) is 7.88. The highest BCUT2D eigenvalue weighted by Crippen LogP contribution is 2.17. The molecule has 0 saturated carbocycles. The Labute approximate surface area is 83.5 Å². The normalized spacial score (nSPS) is 16.3. The van der Waals surface area contributed by atoms with Crippen LogP contribution in [0.25, 0.3) is 0 Å². The highest BCUT2D eigenvalue weighted by atomic mass is 16.1. The first-order chi connectivity index (χ1) is 6.75. The molecule has 2 rings (SSSR count). The molecule has 1 aliphatic heterocycles. The van der Waals surface area contributed by atoms with Crippen molar-refractivity contribution in [3.63, 3.8) is 0 Å². The van der Waals surface area contributed by atoms with Gasteiger partial charge in [0.1, 0.15) is 0 Å². The second kappa shape index (κ2) is 3.80. The number of carbonyl (C=O) groups excluding carboxylic acids is 1. The SMILES string of the molecule is NC(=O)CN1CCc2ccccc2C1. The van der Waals surface area contributed by atoms with E-state index in [0.29, 0.717) is 6.54 Å². The molecule has 0 bridgehead atoms. The lowest BCUT2D eigenvalue weighted by Gasteiger charge is -2.27. The number of benzene rings is 1. The van der Waals surface area contributed by atoms with Gasteiger partial charge in [-0.25, -0.2) is 0 Å². The molecule has 1 amide bonds. The molecule has 74 valence electrons. The Kier molecular flexibility index (Phi) is 2.50. The Hall–Kier alpha value is -1.35. The predicted octanol–water partition coefficient (Wildman–Crippen LogP) is 0.530. The number of nitrogens with two attached hydrogens (primary N) is 1. The molecule has 0 aliphatic carbocycles. The van der Waals surface area contributed by atoms with E-state index in [2.05, 4.69) is 23.1 Å². The summed E-state index contributed by atoms with van der Waals surface area (Å²) in [7, 11) is 0. The molecular weight excluding hydrogens is 176 g/mol. The minimum absolute atomic E-state index is 0.246. The van der Waals surface area contributed by atoms with Gasteiger partial charge in [0.05, 0.1) is 6.54 Å². The summed E-state index contributed by atoms with van der Waals surface area (Å²) in [5.74, 6) is -0.246. The quantitative estimate of drug-likeness (QED) is 0.739. The van der Waals surface area contributed by atoms with Crippen molar-refractivity contribution in [1.29, 1.82) is 0 Å². The van der Waals surface area contributed by atoms with Gasteiger partial charge in [0.2, 0.25) is 5.91 Å². The summed E-state index contributed by atoms with van der Waals surface area (Å²) in [6.45, 7) is 2.15. The molecule has 0 spiro atoms.